The van der Waals surface area contributed by atoms with Gasteiger partial charge in [0.25, 0.3) is 5.56 Å². The predicted molar refractivity (Wildman–Crippen MR) is 134 cm³/mol. The number of amides is 2. The zero-order valence-corrected chi connectivity index (χ0v) is 20.1. The van der Waals surface area contributed by atoms with Crippen LogP contribution in [-0.2, 0) is 13.0 Å². The number of urea groups is 1. The maximum atomic E-state index is 13.6. The number of halogens is 1. The van der Waals surface area contributed by atoms with Crippen LogP contribution in [0, 0.1) is 5.82 Å². The van der Waals surface area contributed by atoms with Gasteiger partial charge in [-0.2, -0.15) is 9.61 Å². The van der Waals surface area contributed by atoms with E-state index in [9.17, 15) is 14.0 Å². The van der Waals surface area contributed by atoms with Crippen molar-refractivity contribution < 1.29 is 9.18 Å². The summed E-state index contributed by atoms with van der Waals surface area (Å²) < 4.78 is 14.8. The van der Waals surface area contributed by atoms with Crippen LogP contribution in [0.3, 0.4) is 0 Å². The highest BCUT2D eigenvalue weighted by molar-refractivity contribution is 7.19. The lowest BCUT2D eigenvalue weighted by Gasteiger charge is -2.34. The van der Waals surface area contributed by atoms with Gasteiger partial charge in [0.05, 0.1) is 5.69 Å². The fourth-order valence-electron chi connectivity index (χ4n) is 4.04. The Balaban J connectivity index is 1.21. The number of piperazine rings is 1. The minimum absolute atomic E-state index is 0.110. The Kier molecular flexibility index (Phi) is 6.56. The third-order valence-electron chi connectivity index (χ3n) is 6.03. The summed E-state index contributed by atoms with van der Waals surface area (Å²) >= 11 is 1.25. The Morgan fingerprint density at radius 2 is 1.86 bits per heavy atom. The summed E-state index contributed by atoms with van der Waals surface area (Å²) in [5, 5.41) is 7.81. The van der Waals surface area contributed by atoms with Gasteiger partial charge in [-0.3, -0.25) is 9.69 Å². The normalized spacial score (nSPS) is 14.4. The molecule has 0 spiro atoms. The molecular weight excluding hydrogens is 467 g/mol. The van der Waals surface area contributed by atoms with E-state index in [1.165, 1.54) is 39.6 Å². The molecule has 1 saturated heterocycles. The molecule has 180 valence electrons. The number of aryl methyl sites for hydroxylation is 1. The highest BCUT2D eigenvalue weighted by atomic mass is 32.1. The van der Waals surface area contributed by atoms with Gasteiger partial charge < -0.3 is 10.2 Å². The van der Waals surface area contributed by atoms with Crippen LogP contribution < -0.4 is 10.9 Å². The van der Waals surface area contributed by atoms with E-state index in [0.29, 0.717) is 53.9 Å². The lowest BCUT2D eigenvalue weighted by atomic mass is 10.1. The molecule has 10 heteroatoms. The van der Waals surface area contributed by atoms with Gasteiger partial charge in [0.15, 0.2) is 0 Å². The van der Waals surface area contributed by atoms with Gasteiger partial charge in [-0.25, -0.2) is 14.2 Å². The van der Waals surface area contributed by atoms with E-state index >= 15 is 0 Å². The standard InChI is InChI=1S/C25H25FN6O2S/c1-2-17-6-8-20(9-7-17)27-24(34)31-12-10-30(11-13-31)16-21-15-22(33)32-25(28-21)35-23(29-32)18-4-3-5-19(26)14-18/h3-9,14-15H,2,10-13,16H2,1H3,(H,27,34). The Morgan fingerprint density at radius 1 is 1.09 bits per heavy atom. The van der Waals surface area contributed by atoms with Crippen molar-refractivity contribution in [3.8, 4) is 10.6 Å². The Hall–Kier alpha value is -3.63. The van der Waals surface area contributed by atoms with Crippen molar-refractivity contribution >= 4 is 28.0 Å². The molecule has 35 heavy (non-hydrogen) atoms. The maximum absolute atomic E-state index is 13.6. The van der Waals surface area contributed by atoms with Crippen molar-refractivity contribution in [3.63, 3.8) is 0 Å². The van der Waals surface area contributed by atoms with E-state index in [1.807, 2.05) is 24.3 Å². The first-order chi connectivity index (χ1) is 17.0. The topological polar surface area (TPSA) is 82.8 Å². The maximum Gasteiger partial charge on any atom is 0.321 e. The zero-order valence-electron chi connectivity index (χ0n) is 19.3. The number of nitrogens with zero attached hydrogens (tertiary/aromatic N) is 5. The molecule has 5 rings (SSSR count). The molecule has 0 saturated carbocycles. The first-order valence-corrected chi connectivity index (χ1v) is 12.3. The third-order valence-corrected chi connectivity index (χ3v) is 6.99. The van der Waals surface area contributed by atoms with Crippen molar-refractivity contribution in [1.82, 2.24) is 24.4 Å². The van der Waals surface area contributed by atoms with Crippen LogP contribution >= 0.6 is 11.3 Å². The van der Waals surface area contributed by atoms with E-state index in [-0.39, 0.29) is 17.4 Å². The Morgan fingerprint density at radius 3 is 2.57 bits per heavy atom. The number of hydrogen-bond acceptors (Lipinski definition) is 6. The summed E-state index contributed by atoms with van der Waals surface area (Å²) in [6, 6.07) is 15.4. The van der Waals surface area contributed by atoms with Crippen LogP contribution in [0.1, 0.15) is 18.2 Å². The van der Waals surface area contributed by atoms with Crippen molar-refractivity contribution in [2.45, 2.75) is 19.9 Å². The number of fused-ring (bicyclic) bond motifs is 1. The summed E-state index contributed by atoms with van der Waals surface area (Å²) in [6.45, 7) is 5.14. The molecule has 0 unspecified atom stereocenters. The first-order valence-electron chi connectivity index (χ1n) is 11.5. The van der Waals surface area contributed by atoms with Gasteiger partial charge in [-0.05, 0) is 36.2 Å². The summed E-state index contributed by atoms with van der Waals surface area (Å²) in [7, 11) is 0. The molecule has 1 N–H and O–H groups in total. The van der Waals surface area contributed by atoms with Gasteiger partial charge >= 0.3 is 6.03 Å². The van der Waals surface area contributed by atoms with Gasteiger partial charge in [0, 0.05) is 50.0 Å². The van der Waals surface area contributed by atoms with Crippen LogP contribution in [0.5, 0.6) is 0 Å². The van der Waals surface area contributed by atoms with E-state index in [4.69, 9.17) is 0 Å². The summed E-state index contributed by atoms with van der Waals surface area (Å²) in [4.78, 5) is 34.3. The monoisotopic (exact) mass is 492 g/mol. The molecule has 2 aromatic carbocycles. The van der Waals surface area contributed by atoms with Crippen molar-refractivity contribution in [1.29, 1.82) is 0 Å². The predicted octanol–water partition coefficient (Wildman–Crippen LogP) is 3.87. The first kappa shape index (κ1) is 23.1. The Labute approximate surface area is 205 Å². The summed E-state index contributed by atoms with van der Waals surface area (Å²) in [5.74, 6) is -0.357. The molecule has 8 nitrogen and oxygen atoms in total. The minimum Gasteiger partial charge on any atom is -0.322 e. The van der Waals surface area contributed by atoms with Crippen LogP contribution in [-0.4, -0.2) is 56.6 Å². The summed E-state index contributed by atoms with van der Waals surface area (Å²) in [6.07, 6.45) is 0.960. The number of anilines is 1. The zero-order chi connectivity index (χ0) is 24.4. The van der Waals surface area contributed by atoms with Crippen LogP contribution in [0.15, 0.2) is 59.4 Å². The van der Waals surface area contributed by atoms with Gasteiger partial charge in [0.1, 0.15) is 10.8 Å². The van der Waals surface area contributed by atoms with Gasteiger partial charge in [-0.15, -0.1) is 0 Å². The lowest BCUT2D eigenvalue weighted by molar-refractivity contribution is 0.142. The fraction of sp³-hybridized carbons (Fsp3) is 0.280. The average molecular weight is 493 g/mol. The van der Waals surface area contributed by atoms with E-state index in [2.05, 4.69) is 27.2 Å². The molecular formula is C25H25FN6O2S. The smallest absolute Gasteiger partial charge is 0.321 e. The average Bonchev–Trinajstić information content (AvgIpc) is 3.30. The number of carbonyl (C=O) groups excluding carboxylic acids is 1. The number of hydrogen-bond donors (Lipinski definition) is 1. The second-order valence-electron chi connectivity index (χ2n) is 8.44. The molecule has 1 aliphatic rings. The van der Waals surface area contributed by atoms with Crippen LogP contribution in [0.4, 0.5) is 14.9 Å². The second-order valence-corrected chi connectivity index (χ2v) is 9.40. The summed E-state index contributed by atoms with van der Waals surface area (Å²) in [5.41, 5.74) is 3.01. The fourth-order valence-corrected chi connectivity index (χ4v) is 4.96. The molecule has 2 amide bonds. The van der Waals surface area contributed by atoms with Crippen LogP contribution in [0.2, 0.25) is 0 Å². The molecule has 2 aromatic heterocycles. The minimum atomic E-state index is -0.357. The van der Waals surface area contributed by atoms with Crippen LogP contribution in [0.25, 0.3) is 15.5 Å². The lowest BCUT2D eigenvalue weighted by Crippen LogP contribution is -2.49. The van der Waals surface area contributed by atoms with Crippen molar-refractivity contribution in [2.75, 3.05) is 31.5 Å². The molecule has 0 radical (unpaired) electrons. The quantitative estimate of drug-likeness (QED) is 0.457. The largest absolute Gasteiger partial charge is 0.322 e. The molecule has 4 aromatic rings. The number of nitrogens with one attached hydrogen (secondary N) is 1. The molecule has 1 fully saturated rings. The molecule has 0 bridgehead atoms. The number of benzene rings is 2. The number of rotatable bonds is 5. The van der Waals surface area contributed by atoms with E-state index in [0.717, 1.165) is 12.1 Å². The van der Waals surface area contributed by atoms with Crippen molar-refractivity contribution in [2.24, 2.45) is 0 Å². The second kappa shape index (κ2) is 9.93. The van der Waals surface area contributed by atoms with Crippen molar-refractivity contribution in [3.05, 3.63) is 82.0 Å². The van der Waals surface area contributed by atoms with Gasteiger partial charge in [-0.1, -0.05) is 42.5 Å². The third kappa shape index (κ3) is 5.23. The molecule has 0 aliphatic carbocycles. The highest BCUT2D eigenvalue weighted by Gasteiger charge is 2.22. The molecule has 0 atom stereocenters. The number of carbonyl (C=O) groups is 1. The number of aromatic nitrogens is 3. The van der Waals surface area contributed by atoms with E-state index in [1.54, 1.807) is 17.0 Å². The SMILES string of the molecule is CCc1ccc(NC(=O)N2CCN(Cc3cc(=O)n4nc(-c5cccc(F)c5)sc4n3)CC2)cc1. The van der Waals surface area contributed by atoms with E-state index < -0.39 is 0 Å². The highest BCUT2D eigenvalue weighted by Crippen LogP contribution is 2.25. The molecule has 3 heterocycles. The van der Waals surface area contributed by atoms with Gasteiger partial charge in [0.2, 0.25) is 4.96 Å². The molecule has 1 aliphatic heterocycles. The Bertz CT molecular complexity index is 1410.